The van der Waals surface area contributed by atoms with Crippen LogP contribution in [0.4, 0.5) is 0 Å². The summed E-state index contributed by atoms with van der Waals surface area (Å²) >= 11 is 5.82. The van der Waals surface area contributed by atoms with Gasteiger partial charge in [-0.15, -0.1) is 0 Å². The molecule has 1 aromatic heterocycles. The molecule has 0 saturated heterocycles. The highest BCUT2D eigenvalue weighted by Gasteiger charge is 2.25. The first-order chi connectivity index (χ1) is 14.9. The Balaban J connectivity index is 2.10. The Kier molecular flexibility index (Phi) is 7.07. The van der Waals surface area contributed by atoms with E-state index in [2.05, 4.69) is 16.9 Å². The minimum atomic E-state index is -0.905. The van der Waals surface area contributed by atoms with Crippen molar-refractivity contribution in [2.75, 3.05) is 13.7 Å². The Morgan fingerprint density at radius 2 is 2.03 bits per heavy atom. The van der Waals surface area contributed by atoms with Crippen LogP contribution in [0.2, 0.25) is 0 Å². The van der Waals surface area contributed by atoms with Gasteiger partial charge in [0.05, 0.1) is 7.11 Å². The standard InChI is InChI=1S/C23H23ClN2O5/c1-4-15-9-16(12-27)18(10-20(15)30-3)17-7-8-19(22(28)25-11-14-5-6-14)26-21(17)23(29)31-13(2)24/h4,7-10,12-14H,1,5-6,11H2,2-3H3,(H,25,28). The number of carbonyl (C=O) groups excluding carboxylic acids is 3. The van der Waals surface area contributed by atoms with Crippen LogP contribution in [0.25, 0.3) is 17.2 Å². The predicted octanol–water partition coefficient (Wildman–Crippen LogP) is 4.09. The van der Waals surface area contributed by atoms with E-state index in [4.69, 9.17) is 21.1 Å². The Labute approximate surface area is 185 Å². The maximum Gasteiger partial charge on any atom is 0.359 e. The summed E-state index contributed by atoms with van der Waals surface area (Å²) in [5.41, 5.74) is 0.690. The van der Waals surface area contributed by atoms with Crippen molar-refractivity contribution >= 4 is 35.8 Å². The van der Waals surface area contributed by atoms with Crippen molar-refractivity contribution in [3.63, 3.8) is 0 Å². The molecule has 7 nitrogen and oxygen atoms in total. The molecule has 1 N–H and O–H groups in total. The summed E-state index contributed by atoms with van der Waals surface area (Å²) in [6.45, 7) is 5.78. The van der Waals surface area contributed by atoms with Gasteiger partial charge >= 0.3 is 5.97 Å². The number of amides is 1. The normalized spacial score (nSPS) is 13.8. The first kappa shape index (κ1) is 22.5. The van der Waals surface area contributed by atoms with Crippen molar-refractivity contribution in [2.24, 2.45) is 5.92 Å². The van der Waals surface area contributed by atoms with Crippen LogP contribution in [0, 0.1) is 5.92 Å². The molecule has 1 unspecified atom stereocenters. The van der Waals surface area contributed by atoms with Gasteiger partial charge < -0.3 is 14.8 Å². The first-order valence-electron chi connectivity index (χ1n) is 9.82. The van der Waals surface area contributed by atoms with Crippen molar-refractivity contribution in [3.8, 4) is 16.9 Å². The fourth-order valence-corrected chi connectivity index (χ4v) is 3.17. The highest BCUT2D eigenvalue weighted by molar-refractivity contribution is 6.20. The highest BCUT2D eigenvalue weighted by atomic mass is 35.5. The number of hydrogen-bond acceptors (Lipinski definition) is 6. The third-order valence-electron chi connectivity index (χ3n) is 4.88. The van der Waals surface area contributed by atoms with Crippen LogP contribution < -0.4 is 10.1 Å². The van der Waals surface area contributed by atoms with Gasteiger partial charge in [0.15, 0.2) is 17.5 Å². The van der Waals surface area contributed by atoms with Crippen molar-refractivity contribution in [2.45, 2.75) is 25.3 Å². The minimum absolute atomic E-state index is 0.0703. The lowest BCUT2D eigenvalue weighted by molar-refractivity contribution is 0.0466. The first-order valence-corrected chi connectivity index (χ1v) is 10.3. The van der Waals surface area contributed by atoms with Gasteiger partial charge in [-0.05, 0) is 55.5 Å². The molecule has 1 fully saturated rings. The second-order valence-corrected chi connectivity index (χ2v) is 7.81. The molecule has 3 rings (SSSR count). The Morgan fingerprint density at radius 1 is 1.29 bits per heavy atom. The van der Waals surface area contributed by atoms with Crippen molar-refractivity contribution < 1.29 is 23.9 Å². The van der Waals surface area contributed by atoms with E-state index < -0.39 is 11.5 Å². The number of nitrogens with one attached hydrogen (secondary N) is 1. The van der Waals surface area contributed by atoms with Crippen LogP contribution in [0.3, 0.4) is 0 Å². The fourth-order valence-electron chi connectivity index (χ4n) is 3.09. The molecule has 1 aliphatic rings. The molecule has 1 heterocycles. The van der Waals surface area contributed by atoms with Gasteiger partial charge in [-0.3, -0.25) is 9.59 Å². The van der Waals surface area contributed by atoms with Gasteiger partial charge in [0, 0.05) is 23.2 Å². The van der Waals surface area contributed by atoms with Crippen molar-refractivity contribution in [1.29, 1.82) is 0 Å². The molecule has 1 aliphatic carbocycles. The van der Waals surface area contributed by atoms with Crippen molar-refractivity contribution in [3.05, 3.63) is 53.4 Å². The number of halogens is 1. The second kappa shape index (κ2) is 9.75. The number of rotatable bonds is 9. The van der Waals surface area contributed by atoms with Crippen LogP contribution in [0.1, 0.15) is 56.7 Å². The van der Waals surface area contributed by atoms with Crippen LogP contribution in [0.15, 0.2) is 30.8 Å². The van der Waals surface area contributed by atoms with Crippen LogP contribution in [-0.2, 0) is 4.74 Å². The molecule has 31 heavy (non-hydrogen) atoms. The highest BCUT2D eigenvalue weighted by Crippen LogP contribution is 2.33. The molecular weight excluding hydrogens is 420 g/mol. The summed E-state index contributed by atoms with van der Waals surface area (Å²) in [7, 11) is 1.49. The molecule has 0 spiro atoms. The van der Waals surface area contributed by atoms with Gasteiger partial charge in [0.25, 0.3) is 5.91 Å². The van der Waals surface area contributed by atoms with E-state index in [0.29, 0.717) is 46.8 Å². The SMILES string of the molecule is C=Cc1cc(C=O)c(-c2ccc(C(=O)NCC3CC3)nc2C(=O)OC(C)Cl)cc1OC. The average molecular weight is 443 g/mol. The molecule has 2 aromatic rings. The van der Waals surface area contributed by atoms with Gasteiger partial charge in [0.2, 0.25) is 0 Å². The van der Waals surface area contributed by atoms with Gasteiger partial charge in [0.1, 0.15) is 11.4 Å². The molecule has 0 aliphatic heterocycles. The molecule has 1 aromatic carbocycles. The largest absolute Gasteiger partial charge is 0.496 e. The van der Waals surface area contributed by atoms with E-state index in [9.17, 15) is 14.4 Å². The Bertz CT molecular complexity index is 1030. The number of carbonyl (C=O) groups is 3. The number of esters is 1. The maximum atomic E-state index is 12.7. The lowest BCUT2D eigenvalue weighted by atomic mass is 9.95. The summed E-state index contributed by atoms with van der Waals surface area (Å²) in [4.78, 5) is 41.2. The number of benzene rings is 1. The number of nitrogens with zero attached hydrogens (tertiary/aromatic N) is 1. The molecule has 162 valence electrons. The molecule has 1 atom stereocenters. The summed E-state index contributed by atoms with van der Waals surface area (Å²) < 4.78 is 10.5. The second-order valence-electron chi connectivity index (χ2n) is 7.20. The zero-order valence-corrected chi connectivity index (χ0v) is 18.1. The van der Waals surface area contributed by atoms with E-state index in [1.54, 1.807) is 24.3 Å². The van der Waals surface area contributed by atoms with Gasteiger partial charge in [-0.2, -0.15) is 0 Å². The number of aromatic nitrogens is 1. The quantitative estimate of drug-likeness (QED) is 0.357. The van der Waals surface area contributed by atoms with Gasteiger partial charge in [-0.25, -0.2) is 9.78 Å². The number of aldehydes is 1. The third kappa shape index (κ3) is 5.30. The average Bonchev–Trinajstić information content (AvgIpc) is 3.60. The summed E-state index contributed by atoms with van der Waals surface area (Å²) in [6.07, 6.45) is 4.41. The minimum Gasteiger partial charge on any atom is -0.496 e. The van der Waals surface area contributed by atoms with Crippen LogP contribution in [-0.4, -0.2) is 42.4 Å². The summed E-state index contributed by atoms with van der Waals surface area (Å²) in [5, 5.41) is 2.82. The van der Waals surface area contributed by atoms with E-state index in [-0.39, 0.29) is 17.3 Å². The fraction of sp³-hybridized carbons (Fsp3) is 0.304. The molecule has 1 saturated carbocycles. The number of hydrogen-bond donors (Lipinski definition) is 1. The maximum absolute atomic E-state index is 12.7. The summed E-state index contributed by atoms with van der Waals surface area (Å²) in [6, 6.07) is 6.28. The number of methoxy groups -OCH3 is 1. The number of ether oxygens (including phenoxy) is 2. The monoisotopic (exact) mass is 442 g/mol. The van der Waals surface area contributed by atoms with Crippen LogP contribution >= 0.6 is 11.6 Å². The van der Waals surface area contributed by atoms with E-state index in [1.165, 1.54) is 20.1 Å². The summed E-state index contributed by atoms with van der Waals surface area (Å²) in [5.74, 6) is -0.234. The smallest absolute Gasteiger partial charge is 0.359 e. The lowest BCUT2D eigenvalue weighted by Gasteiger charge is -2.15. The number of alkyl halides is 1. The number of pyridine rings is 1. The van der Waals surface area contributed by atoms with E-state index >= 15 is 0 Å². The Morgan fingerprint density at radius 3 is 2.61 bits per heavy atom. The Hall–Kier alpha value is -3.19. The molecule has 0 radical (unpaired) electrons. The molecule has 0 bridgehead atoms. The van der Waals surface area contributed by atoms with Gasteiger partial charge in [-0.1, -0.05) is 24.3 Å². The van der Waals surface area contributed by atoms with Crippen molar-refractivity contribution in [1.82, 2.24) is 10.3 Å². The van der Waals surface area contributed by atoms with E-state index in [1.807, 2.05) is 0 Å². The topological polar surface area (TPSA) is 94.6 Å². The lowest BCUT2D eigenvalue weighted by Crippen LogP contribution is -2.27. The predicted molar refractivity (Wildman–Crippen MR) is 117 cm³/mol. The zero-order chi connectivity index (χ0) is 22.5. The van der Waals surface area contributed by atoms with E-state index in [0.717, 1.165) is 12.8 Å². The van der Waals surface area contributed by atoms with Crippen LogP contribution in [0.5, 0.6) is 5.75 Å². The molecular formula is C23H23ClN2O5. The third-order valence-corrected chi connectivity index (χ3v) is 4.97. The molecule has 1 amide bonds. The zero-order valence-electron chi connectivity index (χ0n) is 17.3. The molecule has 8 heteroatoms.